The minimum Gasteiger partial charge on any atom is -0.497 e. The van der Waals surface area contributed by atoms with Crippen LogP contribution in [0.3, 0.4) is 0 Å². The van der Waals surface area contributed by atoms with Crippen LogP contribution in [0.1, 0.15) is 47.6 Å². The first-order chi connectivity index (χ1) is 12.3. The number of nitrogens with zero attached hydrogens (tertiary/aromatic N) is 1. The maximum absolute atomic E-state index is 12.5. The summed E-state index contributed by atoms with van der Waals surface area (Å²) < 4.78 is 5.15. The van der Waals surface area contributed by atoms with Crippen molar-refractivity contribution in [3.8, 4) is 5.75 Å². The number of ether oxygens (including phenoxy) is 1. The first-order valence-electron chi connectivity index (χ1n) is 8.96. The number of methoxy groups -OCH3 is 1. The van der Waals surface area contributed by atoms with E-state index >= 15 is 0 Å². The van der Waals surface area contributed by atoms with E-state index < -0.39 is 0 Å². The molecule has 1 aromatic carbocycles. The van der Waals surface area contributed by atoms with E-state index in [0.29, 0.717) is 12.1 Å². The lowest BCUT2D eigenvalue weighted by Gasteiger charge is -2.30. The predicted octanol–water partition coefficient (Wildman–Crippen LogP) is 4.10. The Bertz CT molecular complexity index is 647. The van der Waals surface area contributed by atoms with Crippen molar-refractivity contribution in [3.05, 3.63) is 52.2 Å². The van der Waals surface area contributed by atoms with Crippen LogP contribution in [0.4, 0.5) is 0 Å². The van der Waals surface area contributed by atoms with Gasteiger partial charge in [-0.05, 0) is 72.6 Å². The standard InChI is InChI=1S/C20H26N2O2S/c1-24-18-8-6-16(7-9-18)20(23)21-14-19(17-10-13-25-15-17)22-11-4-2-3-5-12-22/h6-10,13,15,19H,2-5,11-12,14H2,1H3,(H,21,23). The summed E-state index contributed by atoms with van der Waals surface area (Å²) in [6, 6.07) is 9.69. The van der Waals surface area contributed by atoms with E-state index in [2.05, 4.69) is 27.0 Å². The van der Waals surface area contributed by atoms with Crippen molar-refractivity contribution in [3.63, 3.8) is 0 Å². The molecule has 3 rings (SSSR count). The van der Waals surface area contributed by atoms with Crippen molar-refractivity contribution in [2.75, 3.05) is 26.7 Å². The van der Waals surface area contributed by atoms with Crippen LogP contribution in [0.15, 0.2) is 41.1 Å². The molecule has 4 nitrogen and oxygen atoms in total. The Balaban J connectivity index is 1.66. The van der Waals surface area contributed by atoms with Crippen molar-refractivity contribution in [2.45, 2.75) is 31.7 Å². The molecule has 134 valence electrons. The molecule has 1 N–H and O–H groups in total. The van der Waals surface area contributed by atoms with Gasteiger partial charge in [0.05, 0.1) is 13.2 Å². The lowest BCUT2D eigenvalue weighted by Crippen LogP contribution is -2.38. The Kier molecular flexibility index (Phi) is 6.48. The predicted molar refractivity (Wildman–Crippen MR) is 102 cm³/mol. The normalized spacial score (nSPS) is 16.8. The molecule has 0 bridgehead atoms. The van der Waals surface area contributed by atoms with Gasteiger partial charge in [-0.15, -0.1) is 0 Å². The first-order valence-corrected chi connectivity index (χ1v) is 9.90. The van der Waals surface area contributed by atoms with Gasteiger partial charge in [0.2, 0.25) is 0 Å². The Morgan fingerprint density at radius 3 is 2.48 bits per heavy atom. The molecule has 1 fully saturated rings. The van der Waals surface area contributed by atoms with Crippen LogP contribution < -0.4 is 10.1 Å². The highest BCUT2D eigenvalue weighted by Gasteiger charge is 2.22. The summed E-state index contributed by atoms with van der Waals surface area (Å²) in [5, 5.41) is 7.45. The fraction of sp³-hybridized carbons (Fsp3) is 0.450. The summed E-state index contributed by atoms with van der Waals surface area (Å²) in [5.74, 6) is 0.731. The highest BCUT2D eigenvalue weighted by molar-refractivity contribution is 7.07. The maximum Gasteiger partial charge on any atom is 0.251 e. The number of thiophene rings is 1. The molecule has 1 aliphatic heterocycles. The summed E-state index contributed by atoms with van der Waals surface area (Å²) >= 11 is 1.72. The number of likely N-dealkylation sites (tertiary alicyclic amines) is 1. The molecule has 1 aliphatic rings. The second-order valence-corrected chi connectivity index (χ2v) is 7.24. The summed E-state index contributed by atoms with van der Waals surface area (Å²) in [6.07, 6.45) is 5.11. The van der Waals surface area contributed by atoms with Gasteiger partial charge in [0.25, 0.3) is 5.91 Å². The van der Waals surface area contributed by atoms with E-state index in [-0.39, 0.29) is 11.9 Å². The number of hydrogen-bond acceptors (Lipinski definition) is 4. The molecule has 0 spiro atoms. The van der Waals surface area contributed by atoms with Gasteiger partial charge in [-0.25, -0.2) is 0 Å². The van der Waals surface area contributed by atoms with Gasteiger partial charge in [0.1, 0.15) is 5.75 Å². The lowest BCUT2D eigenvalue weighted by molar-refractivity contribution is 0.0933. The van der Waals surface area contributed by atoms with Crippen LogP contribution in [0.5, 0.6) is 5.75 Å². The Hall–Kier alpha value is -1.85. The third-order valence-corrected chi connectivity index (χ3v) is 5.52. The number of carbonyl (C=O) groups excluding carboxylic acids is 1. The Labute approximate surface area is 153 Å². The van der Waals surface area contributed by atoms with Gasteiger partial charge in [-0.3, -0.25) is 9.69 Å². The van der Waals surface area contributed by atoms with Crippen molar-refractivity contribution >= 4 is 17.2 Å². The third-order valence-electron chi connectivity index (χ3n) is 4.82. The Morgan fingerprint density at radius 1 is 1.16 bits per heavy atom. The van der Waals surface area contributed by atoms with E-state index in [9.17, 15) is 4.79 Å². The number of nitrogens with one attached hydrogen (secondary N) is 1. The fourth-order valence-electron chi connectivity index (χ4n) is 3.36. The summed E-state index contributed by atoms with van der Waals surface area (Å²) in [7, 11) is 1.63. The van der Waals surface area contributed by atoms with E-state index in [1.807, 2.05) is 12.1 Å². The van der Waals surface area contributed by atoms with Crippen LogP contribution in [-0.2, 0) is 0 Å². The number of benzene rings is 1. The molecule has 0 saturated carbocycles. The van der Waals surface area contributed by atoms with Crippen LogP contribution in [0.25, 0.3) is 0 Å². The monoisotopic (exact) mass is 358 g/mol. The maximum atomic E-state index is 12.5. The molecule has 1 amide bonds. The van der Waals surface area contributed by atoms with Crippen LogP contribution in [-0.4, -0.2) is 37.6 Å². The molecule has 1 saturated heterocycles. The van der Waals surface area contributed by atoms with Crippen LogP contribution in [0.2, 0.25) is 0 Å². The number of amides is 1. The minimum absolute atomic E-state index is 0.0299. The molecule has 0 aliphatic carbocycles. The van der Waals surface area contributed by atoms with Gasteiger partial charge in [0, 0.05) is 12.1 Å². The zero-order valence-electron chi connectivity index (χ0n) is 14.7. The van der Waals surface area contributed by atoms with Crippen LogP contribution >= 0.6 is 11.3 Å². The van der Waals surface area contributed by atoms with E-state index in [1.165, 1.54) is 31.2 Å². The molecule has 25 heavy (non-hydrogen) atoms. The molecule has 2 aromatic rings. The van der Waals surface area contributed by atoms with Crippen molar-refractivity contribution < 1.29 is 9.53 Å². The fourth-order valence-corrected chi connectivity index (χ4v) is 4.07. The van der Waals surface area contributed by atoms with Crippen molar-refractivity contribution in [1.82, 2.24) is 10.2 Å². The smallest absolute Gasteiger partial charge is 0.251 e. The van der Waals surface area contributed by atoms with Gasteiger partial charge < -0.3 is 10.1 Å². The molecule has 1 unspecified atom stereocenters. The van der Waals surface area contributed by atoms with Crippen LogP contribution in [0, 0.1) is 0 Å². The topological polar surface area (TPSA) is 41.6 Å². The van der Waals surface area contributed by atoms with Gasteiger partial charge in [-0.1, -0.05) is 12.8 Å². The molecule has 1 aromatic heterocycles. The first kappa shape index (κ1) is 18.0. The second-order valence-electron chi connectivity index (χ2n) is 6.46. The van der Waals surface area contributed by atoms with Crippen molar-refractivity contribution in [2.24, 2.45) is 0 Å². The number of carbonyl (C=O) groups is 1. The highest BCUT2D eigenvalue weighted by atomic mass is 32.1. The summed E-state index contributed by atoms with van der Waals surface area (Å²) in [5.41, 5.74) is 1.97. The average Bonchev–Trinajstić information content (AvgIpc) is 3.05. The SMILES string of the molecule is COc1ccc(C(=O)NCC(c2ccsc2)N2CCCCCC2)cc1. The van der Waals surface area contributed by atoms with Gasteiger partial charge in [-0.2, -0.15) is 11.3 Å². The molecular formula is C20H26N2O2S. The number of rotatable bonds is 6. The highest BCUT2D eigenvalue weighted by Crippen LogP contribution is 2.25. The average molecular weight is 359 g/mol. The summed E-state index contributed by atoms with van der Waals surface area (Å²) in [4.78, 5) is 15.0. The molecule has 2 heterocycles. The van der Waals surface area contributed by atoms with E-state index in [0.717, 1.165) is 18.8 Å². The zero-order valence-corrected chi connectivity index (χ0v) is 15.6. The van der Waals surface area contributed by atoms with Gasteiger partial charge >= 0.3 is 0 Å². The zero-order chi connectivity index (χ0) is 17.5. The quantitative estimate of drug-likeness (QED) is 0.845. The molecule has 1 atom stereocenters. The van der Waals surface area contributed by atoms with E-state index in [4.69, 9.17) is 4.74 Å². The summed E-state index contributed by atoms with van der Waals surface area (Å²) in [6.45, 7) is 2.86. The molecular weight excluding hydrogens is 332 g/mol. The van der Waals surface area contributed by atoms with E-state index in [1.54, 1.807) is 30.6 Å². The Morgan fingerprint density at radius 2 is 1.88 bits per heavy atom. The van der Waals surface area contributed by atoms with Gasteiger partial charge in [0.15, 0.2) is 0 Å². The second kappa shape index (κ2) is 9.02. The minimum atomic E-state index is -0.0299. The number of hydrogen-bond donors (Lipinski definition) is 1. The van der Waals surface area contributed by atoms with Crippen molar-refractivity contribution in [1.29, 1.82) is 0 Å². The molecule has 5 heteroatoms. The molecule has 0 radical (unpaired) electrons. The third kappa shape index (κ3) is 4.83. The largest absolute Gasteiger partial charge is 0.497 e. The lowest BCUT2D eigenvalue weighted by atomic mass is 10.1.